The van der Waals surface area contributed by atoms with E-state index in [4.69, 9.17) is 16.0 Å². The Morgan fingerprint density at radius 3 is 2.47 bits per heavy atom. The highest BCUT2D eigenvalue weighted by atomic mass is 79.9. The third kappa shape index (κ3) is 4.96. The van der Waals surface area contributed by atoms with Crippen molar-refractivity contribution in [2.45, 2.75) is 38.9 Å². The molecule has 0 bridgehead atoms. The first-order valence-corrected chi connectivity index (χ1v) is 10.3. The summed E-state index contributed by atoms with van der Waals surface area (Å²) < 4.78 is 6.92. The Hall–Kier alpha value is -0.273. The van der Waals surface area contributed by atoms with E-state index in [2.05, 4.69) is 61.6 Å². The lowest BCUT2D eigenvalue weighted by Crippen LogP contribution is -2.40. The maximum atomic E-state index is 6.00. The summed E-state index contributed by atoms with van der Waals surface area (Å²) in [6.45, 7) is 11.6. The van der Waals surface area contributed by atoms with Crippen molar-refractivity contribution in [2.75, 3.05) is 6.61 Å². The van der Waals surface area contributed by atoms with E-state index in [0.717, 1.165) is 10.0 Å². The van der Waals surface area contributed by atoms with Crippen LogP contribution in [0.1, 0.15) is 26.3 Å². The molecule has 0 radical (unpaired) electrons. The zero-order valence-corrected chi connectivity index (χ0v) is 15.4. The van der Waals surface area contributed by atoms with Gasteiger partial charge in [0.25, 0.3) is 0 Å². The van der Waals surface area contributed by atoms with Crippen molar-refractivity contribution in [3.63, 3.8) is 0 Å². The molecule has 0 aromatic heterocycles. The van der Waals surface area contributed by atoms with Gasteiger partial charge in [-0.15, -0.1) is 0 Å². The van der Waals surface area contributed by atoms with Crippen LogP contribution in [-0.2, 0) is 4.43 Å². The van der Waals surface area contributed by atoms with Crippen molar-refractivity contribution < 1.29 is 4.43 Å². The van der Waals surface area contributed by atoms with Gasteiger partial charge in [-0.05, 0) is 52.3 Å². The lowest BCUT2D eigenvalue weighted by atomic mass is 10.2. The average molecular weight is 360 g/mol. The zero-order valence-electron chi connectivity index (χ0n) is 12.1. The summed E-state index contributed by atoms with van der Waals surface area (Å²) in [5.74, 6) is 6.19. The Morgan fingerprint density at radius 2 is 1.95 bits per heavy atom. The van der Waals surface area contributed by atoms with Crippen LogP contribution in [0.2, 0.25) is 23.2 Å². The van der Waals surface area contributed by atoms with Gasteiger partial charge in [-0.3, -0.25) is 0 Å². The number of hydrogen-bond acceptors (Lipinski definition) is 1. The number of hydrogen-bond donors (Lipinski definition) is 0. The first kappa shape index (κ1) is 16.8. The standard InChI is InChI=1S/C15H20BrClOSi/c1-15(2,3)19(4,5)18-10-6-7-12-8-9-13(17)11-14(12)16/h8-9,11H,10H2,1-5H3. The van der Waals surface area contributed by atoms with Crippen LogP contribution in [0.3, 0.4) is 0 Å². The molecule has 0 amide bonds. The van der Waals surface area contributed by atoms with Gasteiger partial charge in [-0.2, -0.15) is 0 Å². The molecule has 0 saturated heterocycles. The Labute approximate surface area is 131 Å². The second-order valence-corrected chi connectivity index (χ2v) is 12.1. The van der Waals surface area contributed by atoms with Gasteiger partial charge in [-0.25, -0.2) is 0 Å². The van der Waals surface area contributed by atoms with Crippen molar-refractivity contribution >= 4 is 35.8 Å². The van der Waals surface area contributed by atoms with E-state index >= 15 is 0 Å². The highest BCUT2D eigenvalue weighted by molar-refractivity contribution is 9.10. The predicted octanol–water partition coefficient (Wildman–Crippen LogP) is 5.48. The van der Waals surface area contributed by atoms with E-state index in [9.17, 15) is 0 Å². The molecule has 104 valence electrons. The number of rotatable bonds is 2. The summed E-state index contributed by atoms with van der Waals surface area (Å²) >= 11 is 9.34. The molecule has 0 heterocycles. The third-order valence-electron chi connectivity index (χ3n) is 3.47. The monoisotopic (exact) mass is 358 g/mol. The molecule has 1 aromatic rings. The van der Waals surface area contributed by atoms with Crippen molar-refractivity contribution in [3.8, 4) is 11.8 Å². The lowest BCUT2D eigenvalue weighted by molar-refractivity contribution is 0.334. The Kier molecular flexibility index (Phi) is 5.70. The highest BCUT2D eigenvalue weighted by Gasteiger charge is 2.36. The average Bonchev–Trinajstić information content (AvgIpc) is 2.25. The van der Waals surface area contributed by atoms with E-state index in [0.29, 0.717) is 11.6 Å². The first-order valence-electron chi connectivity index (χ1n) is 6.21. The predicted molar refractivity (Wildman–Crippen MR) is 89.2 cm³/mol. The molecule has 0 atom stereocenters. The molecule has 0 aliphatic rings. The Bertz CT molecular complexity index is 509. The molecule has 0 N–H and O–H groups in total. The normalized spacial score (nSPS) is 11.9. The molecule has 0 saturated carbocycles. The maximum Gasteiger partial charge on any atom is 0.193 e. The summed E-state index contributed by atoms with van der Waals surface area (Å²) in [7, 11) is -1.70. The largest absolute Gasteiger partial charge is 0.406 e. The van der Waals surface area contributed by atoms with E-state index in [1.807, 2.05) is 18.2 Å². The molecule has 0 spiro atoms. The van der Waals surface area contributed by atoms with Crippen LogP contribution in [0.25, 0.3) is 0 Å². The maximum absolute atomic E-state index is 6.00. The minimum absolute atomic E-state index is 0.218. The second kappa shape index (κ2) is 6.45. The zero-order chi connectivity index (χ0) is 14.7. The third-order valence-corrected chi connectivity index (χ3v) is 8.84. The van der Waals surface area contributed by atoms with Gasteiger partial charge in [0.2, 0.25) is 0 Å². The molecule has 1 rings (SSSR count). The topological polar surface area (TPSA) is 9.23 Å². The fourth-order valence-corrected chi connectivity index (χ4v) is 2.80. The molecule has 0 fully saturated rings. The van der Waals surface area contributed by atoms with E-state index in [1.165, 1.54) is 0 Å². The summed E-state index contributed by atoms with van der Waals surface area (Å²) in [6, 6.07) is 5.59. The van der Waals surface area contributed by atoms with Crippen LogP contribution in [-0.4, -0.2) is 14.9 Å². The Morgan fingerprint density at radius 1 is 1.32 bits per heavy atom. The SMILES string of the molecule is CC(C)(C)[Si](C)(C)OCC#Cc1ccc(Cl)cc1Br. The van der Waals surface area contributed by atoms with Crippen LogP contribution in [0.4, 0.5) is 0 Å². The molecular formula is C15H20BrClOSi. The van der Waals surface area contributed by atoms with Crippen LogP contribution < -0.4 is 0 Å². The van der Waals surface area contributed by atoms with E-state index in [-0.39, 0.29) is 5.04 Å². The number of halogens is 2. The fraction of sp³-hybridized carbons (Fsp3) is 0.467. The molecule has 0 aliphatic carbocycles. The lowest BCUT2D eigenvalue weighted by Gasteiger charge is -2.35. The fourth-order valence-electron chi connectivity index (χ4n) is 1.16. The van der Waals surface area contributed by atoms with Crippen LogP contribution in [0, 0.1) is 11.8 Å². The summed E-state index contributed by atoms with van der Waals surface area (Å²) in [5, 5.41) is 0.921. The number of benzene rings is 1. The molecule has 4 heteroatoms. The minimum Gasteiger partial charge on any atom is -0.406 e. The molecule has 0 aliphatic heterocycles. The van der Waals surface area contributed by atoms with E-state index in [1.54, 1.807) is 0 Å². The Balaban J connectivity index is 2.67. The van der Waals surface area contributed by atoms with Crippen LogP contribution in [0.5, 0.6) is 0 Å². The smallest absolute Gasteiger partial charge is 0.193 e. The second-order valence-electron chi connectivity index (χ2n) is 5.97. The molecule has 1 aromatic carbocycles. The van der Waals surface area contributed by atoms with Gasteiger partial charge in [-0.1, -0.05) is 44.2 Å². The van der Waals surface area contributed by atoms with Gasteiger partial charge in [0.05, 0.1) is 6.61 Å². The van der Waals surface area contributed by atoms with Crippen LogP contribution >= 0.6 is 27.5 Å². The first-order chi connectivity index (χ1) is 8.63. The molecule has 0 unspecified atom stereocenters. The van der Waals surface area contributed by atoms with Gasteiger partial charge in [0.1, 0.15) is 0 Å². The minimum atomic E-state index is -1.70. The van der Waals surface area contributed by atoms with Gasteiger partial charge in [0.15, 0.2) is 8.32 Å². The van der Waals surface area contributed by atoms with Crippen molar-refractivity contribution in [3.05, 3.63) is 33.3 Å². The van der Waals surface area contributed by atoms with E-state index < -0.39 is 8.32 Å². The quantitative estimate of drug-likeness (QED) is 0.502. The molecular weight excluding hydrogens is 340 g/mol. The van der Waals surface area contributed by atoms with Crippen molar-refractivity contribution in [1.82, 2.24) is 0 Å². The summed E-state index contributed by atoms with van der Waals surface area (Å²) in [5.41, 5.74) is 0.934. The van der Waals surface area contributed by atoms with Gasteiger partial charge >= 0.3 is 0 Å². The van der Waals surface area contributed by atoms with Gasteiger partial charge in [0, 0.05) is 15.1 Å². The molecule has 1 nitrogen and oxygen atoms in total. The van der Waals surface area contributed by atoms with Crippen molar-refractivity contribution in [1.29, 1.82) is 0 Å². The van der Waals surface area contributed by atoms with Gasteiger partial charge < -0.3 is 4.43 Å². The summed E-state index contributed by atoms with van der Waals surface area (Å²) in [6.07, 6.45) is 0. The van der Waals surface area contributed by atoms with Crippen LogP contribution in [0.15, 0.2) is 22.7 Å². The molecule has 19 heavy (non-hydrogen) atoms. The highest BCUT2D eigenvalue weighted by Crippen LogP contribution is 2.36. The summed E-state index contributed by atoms with van der Waals surface area (Å²) in [4.78, 5) is 0. The van der Waals surface area contributed by atoms with Crippen molar-refractivity contribution in [2.24, 2.45) is 0 Å².